The first-order valence-electron chi connectivity index (χ1n) is 0. The monoisotopic (exact) mass is 374 g/mol. The molecule has 0 aromatic rings. The molecule has 0 aliphatic rings. The van der Waals surface area contributed by atoms with Crippen LogP contribution in [0.25, 0.3) is 0 Å². The van der Waals surface area contributed by atoms with Gasteiger partial charge in [-0.2, -0.15) is 0 Å². The first-order valence-corrected chi connectivity index (χ1v) is 0. The second kappa shape index (κ2) is 23.8. The minimum absolute atomic E-state index is 0. The molecular formula is H2CeMgMnYZn. The van der Waals surface area contributed by atoms with Crippen molar-refractivity contribution in [1.29, 1.82) is 0 Å². The van der Waals surface area contributed by atoms with E-state index in [1.165, 1.54) is 0 Å². The van der Waals surface area contributed by atoms with Gasteiger partial charge in [0, 0.05) is 111 Å². The first kappa shape index (κ1) is 34.3. The molecule has 0 unspecified atom stereocenters. The van der Waals surface area contributed by atoms with Crippen molar-refractivity contribution in [2.24, 2.45) is 0 Å². The van der Waals surface area contributed by atoms with Crippen LogP contribution < -0.4 is 0 Å². The van der Waals surface area contributed by atoms with Crippen molar-refractivity contribution in [3.8, 4) is 0 Å². The second-order valence-corrected chi connectivity index (χ2v) is 0. The van der Waals surface area contributed by atoms with Gasteiger partial charge in [-0.05, 0) is 0 Å². The third-order valence-electron chi connectivity index (χ3n) is 0. The Labute approximate surface area is 133 Å². The zero-order valence-corrected chi connectivity index (χ0v) is 14.4. The Hall–Kier alpha value is 4.39. The fourth-order valence-corrected chi connectivity index (χ4v) is 0. The van der Waals surface area contributed by atoms with E-state index >= 15 is 0 Å². The van der Waals surface area contributed by atoms with Gasteiger partial charge in [-0.3, -0.25) is 0 Å². The molecule has 5 heteroatoms. The number of hydrogen-bond acceptors (Lipinski definition) is 0. The number of rotatable bonds is 0. The Morgan fingerprint density at radius 3 is 1.20 bits per heavy atom. The van der Waals surface area contributed by atoms with Crippen molar-refractivity contribution in [3.63, 3.8) is 0 Å². The molecule has 0 aliphatic heterocycles. The minimum atomic E-state index is 0. The molecule has 0 saturated carbocycles. The summed E-state index contributed by atoms with van der Waals surface area (Å²) in [5.41, 5.74) is 0. The Balaban J connectivity index is 0. The normalized spacial score (nSPS) is 0. The fraction of sp³-hybridized carbons (Fsp3) is 0. The van der Waals surface area contributed by atoms with Crippen LogP contribution in [0.1, 0.15) is 2.85 Å². The van der Waals surface area contributed by atoms with Gasteiger partial charge in [-0.1, -0.05) is 0 Å². The summed E-state index contributed by atoms with van der Waals surface area (Å²) in [4.78, 5) is 0. The van der Waals surface area contributed by atoms with Crippen LogP contribution in [0.2, 0.25) is 0 Å². The van der Waals surface area contributed by atoms with Crippen molar-refractivity contribution in [2.75, 3.05) is 0 Å². The molecule has 0 aromatic heterocycles. The predicted molar refractivity (Wildman–Crippen MR) is 7.98 cm³/mol. The van der Waals surface area contributed by atoms with Crippen LogP contribution >= 0.6 is 0 Å². The van der Waals surface area contributed by atoms with Gasteiger partial charge in [-0.15, -0.1) is 0 Å². The van der Waals surface area contributed by atoms with Gasteiger partial charge in [0.05, 0.1) is 0 Å². The molecule has 0 saturated heterocycles. The molecule has 0 N–H and O–H groups in total. The quantitative estimate of drug-likeness (QED) is 0.516. The largest absolute Gasteiger partial charge is 2.00 e. The van der Waals surface area contributed by atoms with Crippen LogP contribution in [0.4, 0.5) is 0 Å². The van der Waals surface area contributed by atoms with E-state index in [9.17, 15) is 0 Å². The van der Waals surface area contributed by atoms with E-state index in [4.69, 9.17) is 0 Å². The molecule has 0 fully saturated rings. The van der Waals surface area contributed by atoms with Gasteiger partial charge in [0.15, 0.2) is 0 Å². The molecule has 0 bridgehead atoms. The van der Waals surface area contributed by atoms with Crippen molar-refractivity contribution < 1.29 is 114 Å². The fourth-order valence-electron chi connectivity index (χ4n) is 0. The van der Waals surface area contributed by atoms with Gasteiger partial charge < -0.3 is 2.85 Å². The Kier molecular flexibility index (Phi) is 163. The summed E-state index contributed by atoms with van der Waals surface area (Å²) < 4.78 is 0. The summed E-state index contributed by atoms with van der Waals surface area (Å²) >= 11 is 0. The van der Waals surface area contributed by atoms with Crippen molar-refractivity contribution in [1.82, 2.24) is 0 Å². The van der Waals surface area contributed by atoms with E-state index in [1.807, 2.05) is 0 Å². The van der Waals surface area contributed by atoms with E-state index in [-0.39, 0.29) is 137 Å². The molecule has 0 aromatic carbocycles. The van der Waals surface area contributed by atoms with Crippen LogP contribution in [0, 0.1) is 41.7 Å². The van der Waals surface area contributed by atoms with Crippen LogP contribution in [-0.2, 0) is 69.3 Å². The molecule has 0 aliphatic carbocycles. The molecule has 0 rings (SSSR count). The van der Waals surface area contributed by atoms with Crippen molar-refractivity contribution >= 4 is 23.1 Å². The summed E-state index contributed by atoms with van der Waals surface area (Å²) in [6.07, 6.45) is 0. The van der Waals surface area contributed by atoms with Crippen LogP contribution in [0.15, 0.2) is 0 Å². The average molecular weight is 376 g/mol. The topological polar surface area (TPSA) is 0 Å². The molecule has 0 atom stereocenters. The molecule has 0 nitrogen and oxygen atoms in total. The Bertz CT molecular complexity index is 17.7. The van der Waals surface area contributed by atoms with E-state index in [2.05, 4.69) is 0 Å². The smallest absolute Gasteiger partial charge is 1.00 e. The van der Waals surface area contributed by atoms with E-state index < -0.39 is 0 Å². The van der Waals surface area contributed by atoms with Gasteiger partial charge >= 0.3 is 23.1 Å². The molecule has 0 spiro atoms. The van der Waals surface area contributed by atoms with Gasteiger partial charge in [0.25, 0.3) is 0 Å². The minimum Gasteiger partial charge on any atom is -1.00 e. The van der Waals surface area contributed by atoms with Gasteiger partial charge in [0.1, 0.15) is 0 Å². The van der Waals surface area contributed by atoms with E-state index in [0.29, 0.717) is 0 Å². The SMILES string of the molecule is [Ce].[H-].[H-].[Mg+2].[Mn].[Y].[Zn]. The van der Waals surface area contributed by atoms with Crippen molar-refractivity contribution in [2.45, 2.75) is 0 Å². The standard InChI is InChI=1S/Ce.Mg.Mn.Y.Zn.2H/q;+2;;;;2*-1. The third-order valence-corrected chi connectivity index (χ3v) is 0. The zero-order chi connectivity index (χ0) is 0. The van der Waals surface area contributed by atoms with Crippen LogP contribution in [-0.4, -0.2) is 23.1 Å². The zero-order valence-electron chi connectivity index (χ0n) is 4.87. The molecule has 5 heavy (non-hydrogen) atoms. The maximum Gasteiger partial charge on any atom is 2.00 e. The molecular weight excluding hydrogens is 374 g/mol. The predicted octanol–water partition coefficient (Wildman–Crippen LogP) is -0.163. The van der Waals surface area contributed by atoms with Gasteiger partial charge in [0.2, 0.25) is 0 Å². The number of hydrogen-bond donors (Lipinski definition) is 0. The second-order valence-electron chi connectivity index (χ2n) is 0. The Morgan fingerprint density at radius 2 is 1.20 bits per heavy atom. The maximum atomic E-state index is 0. The molecule has 0 heterocycles. The molecule has 0 amide bonds. The average Bonchev–Trinajstić information content (AvgIpc) is 0. The Morgan fingerprint density at radius 1 is 1.20 bits per heavy atom. The van der Waals surface area contributed by atoms with Crippen LogP contribution in [0.3, 0.4) is 0 Å². The van der Waals surface area contributed by atoms with Crippen LogP contribution in [0.5, 0.6) is 0 Å². The third kappa shape index (κ3) is 17.8. The van der Waals surface area contributed by atoms with Crippen molar-refractivity contribution in [3.05, 3.63) is 0 Å². The summed E-state index contributed by atoms with van der Waals surface area (Å²) in [6, 6.07) is 0. The summed E-state index contributed by atoms with van der Waals surface area (Å²) in [7, 11) is 0. The summed E-state index contributed by atoms with van der Waals surface area (Å²) in [6.45, 7) is 0. The maximum absolute atomic E-state index is 0. The molecule has 2 radical (unpaired) electrons. The summed E-state index contributed by atoms with van der Waals surface area (Å²) in [5, 5.41) is 0. The van der Waals surface area contributed by atoms with E-state index in [1.54, 1.807) is 0 Å². The van der Waals surface area contributed by atoms with E-state index in [0.717, 1.165) is 0 Å². The molecule has 20 valence electrons. The first-order chi connectivity index (χ1) is 0. The summed E-state index contributed by atoms with van der Waals surface area (Å²) in [5.74, 6) is 0. The van der Waals surface area contributed by atoms with Gasteiger partial charge in [-0.25, -0.2) is 0 Å².